The van der Waals surface area contributed by atoms with E-state index in [1.165, 1.54) is 13.2 Å². The van der Waals surface area contributed by atoms with Crippen LogP contribution in [0.2, 0.25) is 5.02 Å². The molecule has 2 rings (SSSR count). The van der Waals surface area contributed by atoms with Gasteiger partial charge in [0.2, 0.25) is 0 Å². The van der Waals surface area contributed by atoms with E-state index < -0.39 is 5.82 Å². The van der Waals surface area contributed by atoms with Gasteiger partial charge in [0, 0.05) is 6.54 Å². The van der Waals surface area contributed by atoms with E-state index in [4.69, 9.17) is 16.3 Å². The van der Waals surface area contributed by atoms with E-state index in [1.807, 2.05) is 0 Å². The van der Waals surface area contributed by atoms with Crippen molar-refractivity contribution in [3.8, 4) is 0 Å². The second kappa shape index (κ2) is 6.35. The van der Waals surface area contributed by atoms with Crippen molar-refractivity contribution in [2.45, 2.75) is 19.4 Å². The van der Waals surface area contributed by atoms with Crippen LogP contribution in [0.15, 0.2) is 18.2 Å². The van der Waals surface area contributed by atoms with Crippen LogP contribution in [0.4, 0.5) is 4.39 Å². The van der Waals surface area contributed by atoms with Crippen LogP contribution in [0, 0.1) is 11.7 Å². The van der Waals surface area contributed by atoms with Gasteiger partial charge in [0.1, 0.15) is 5.82 Å². The highest BCUT2D eigenvalue weighted by Crippen LogP contribution is 2.22. The van der Waals surface area contributed by atoms with Crippen molar-refractivity contribution in [1.29, 1.82) is 0 Å². The summed E-state index contributed by atoms with van der Waals surface area (Å²) in [6.45, 7) is 2.41. The Labute approximate surface area is 117 Å². The average Bonchev–Trinajstić information content (AvgIpc) is 2.43. The zero-order chi connectivity index (χ0) is 13.8. The molecule has 1 aliphatic heterocycles. The molecule has 104 valence electrons. The van der Waals surface area contributed by atoms with Crippen LogP contribution in [0.3, 0.4) is 0 Å². The lowest BCUT2D eigenvalue weighted by molar-refractivity contribution is -0.147. The maximum absolute atomic E-state index is 13.1. The highest BCUT2D eigenvalue weighted by atomic mass is 35.5. The van der Waals surface area contributed by atoms with Gasteiger partial charge in [0.15, 0.2) is 0 Å². The minimum Gasteiger partial charge on any atom is -0.469 e. The minimum absolute atomic E-state index is 0.0121. The normalized spacial score (nSPS) is 17.4. The Balaban J connectivity index is 1.88. The van der Waals surface area contributed by atoms with E-state index in [9.17, 15) is 9.18 Å². The fourth-order valence-electron chi connectivity index (χ4n) is 2.39. The van der Waals surface area contributed by atoms with Gasteiger partial charge >= 0.3 is 5.97 Å². The zero-order valence-electron chi connectivity index (χ0n) is 10.9. The first-order valence-electron chi connectivity index (χ1n) is 6.34. The Hall–Kier alpha value is -1.13. The number of methoxy groups -OCH3 is 1. The lowest BCUT2D eigenvalue weighted by atomic mass is 9.96. The third-order valence-corrected chi connectivity index (χ3v) is 3.80. The monoisotopic (exact) mass is 285 g/mol. The summed E-state index contributed by atoms with van der Waals surface area (Å²) in [6.07, 6.45) is 1.61. The van der Waals surface area contributed by atoms with E-state index in [2.05, 4.69) is 4.90 Å². The Morgan fingerprint density at radius 3 is 2.74 bits per heavy atom. The maximum Gasteiger partial charge on any atom is 0.308 e. The molecule has 0 bridgehead atoms. The highest BCUT2D eigenvalue weighted by Gasteiger charge is 2.25. The third kappa shape index (κ3) is 3.67. The molecular weight excluding hydrogens is 269 g/mol. The summed E-state index contributed by atoms with van der Waals surface area (Å²) < 4.78 is 17.8. The molecule has 0 unspecified atom stereocenters. The number of hydrogen-bond donors (Lipinski definition) is 0. The molecule has 0 saturated carbocycles. The Bertz CT molecular complexity index is 459. The Kier molecular flexibility index (Phi) is 4.77. The lowest BCUT2D eigenvalue weighted by Gasteiger charge is -2.30. The van der Waals surface area contributed by atoms with Crippen molar-refractivity contribution in [2.24, 2.45) is 5.92 Å². The highest BCUT2D eigenvalue weighted by molar-refractivity contribution is 6.30. The van der Waals surface area contributed by atoms with Gasteiger partial charge in [-0.25, -0.2) is 4.39 Å². The molecule has 1 saturated heterocycles. The largest absolute Gasteiger partial charge is 0.469 e. The molecule has 1 heterocycles. The molecule has 0 spiro atoms. The summed E-state index contributed by atoms with van der Waals surface area (Å²) >= 11 is 5.76. The summed E-state index contributed by atoms with van der Waals surface area (Å²) in [6, 6.07) is 4.79. The fourth-order valence-corrected chi connectivity index (χ4v) is 2.59. The number of nitrogens with zero attached hydrogens (tertiary/aromatic N) is 1. The zero-order valence-corrected chi connectivity index (χ0v) is 11.6. The number of ether oxygens (including phenoxy) is 1. The van der Waals surface area contributed by atoms with Crippen molar-refractivity contribution < 1.29 is 13.9 Å². The molecule has 0 atom stereocenters. The quantitative estimate of drug-likeness (QED) is 0.800. The van der Waals surface area contributed by atoms with Gasteiger partial charge in [-0.15, -0.1) is 0 Å². The lowest BCUT2D eigenvalue weighted by Crippen LogP contribution is -2.36. The Morgan fingerprint density at radius 2 is 2.16 bits per heavy atom. The summed E-state index contributed by atoms with van der Waals surface area (Å²) in [4.78, 5) is 13.7. The summed E-state index contributed by atoms with van der Waals surface area (Å²) in [5.41, 5.74) is 0.989. The number of esters is 1. The second-order valence-corrected chi connectivity index (χ2v) is 5.23. The van der Waals surface area contributed by atoms with Gasteiger partial charge < -0.3 is 4.74 Å². The predicted octanol–water partition coefficient (Wildman–Crippen LogP) is 2.86. The topological polar surface area (TPSA) is 29.5 Å². The fraction of sp³-hybridized carbons (Fsp3) is 0.500. The first-order valence-corrected chi connectivity index (χ1v) is 6.72. The van der Waals surface area contributed by atoms with Crippen molar-refractivity contribution >= 4 is 17.6 Å². The number of carbonyl (C=O) groups is 1. The van der Waals surface area contributed by atoms with Gasteiger partial charge in [-0.2, -0.15) is 0 Å². The SMILES string of the molecule is COC(=O)C1CCN(Cc2ccc(F)c(Cl)c2)CC1. The van der Waals surface area contributed by atoms with Crippen LogP contribution >= 0.6 is 11.6 Å². The first kappa shape index (κ1) is 14.3. The van der Waals surface area contributed by atoms with Crippen molar-refractivity contribution in [1.82, 2.24) is 4.90 Å². The molecule has 1 aromatic carbocycles. The summed E-state index contributed by atoms with van der Waals surface area (Å²) in [5.74, 6) is -0.502. The van der Waals surface area contributed by atoms with Gasteiger partial charge in [-0.1, -0.05) is 17.7 Å². The van der Waals surface area contributed by atoms with Crippen molar-refractivity contribution in [3.63, 3.8) is 0 Å². The van der Waals surface area contributed by atoms with Gasteiger partial charge in [-0.05, 0) is 43.6 Å². The summed E-state index contributed by atoms with van der Waals surface area (Å²) in [7, 11) is 1.43. The van der Waals surface area contributed by atoms with E-state index >= 15 is 0 Å². The molecule has 19 heavy (non-hydrogen) atoms. The smallest absolute Gasteiger partial charge is 0.308 e. The number of hydrogen-bond acceptors (Lipinski definition) is 3. The third-order valence-electron chi connectivity index (χ3n) is 3.51. The van der Waals surface area contributed by atoms with E-state index in [-0.39, 0.29) is 16.9 Å². The second-order valence-electron chi connectivity index (χ2n) is 4.82. The van der Waals surface area contributed by atoms with Gasteiger partial charge in [-0.3, -0.25) is 9.69 Å². The van der Waals surface area contributed by atoms with Crippen LogP contribution in [0.5, 0.6) is 0 Å². The molecule has 3 nitrogen and oxygen atoms in total. The van der Waals surface area contributed by atoms with E-state index in [0.29, 0.717) is 0 Å². The number of piperidine rings is 1. The molecule has 0 N–H and O–H groups in total. The molecule has 0 aromatic heterocycles. The summed E-state index contributed by atoms with van der Waals surface area (Å²) in [5, 5.41) is 0.155. The van der Waals surface area contributed by atoms with Crippen LogP contribution in [0.25, 0.3) is 0 Å². The van der Waals surface area contributed by atoms with Crippen LogP contribution in [0.1, 0.15) is 18.4 Å². The molecule has 0 radical (unpaired) electrons. The van der Waals surface area contributed by atoms with Gasteiger partial charge in [0.25, 0.3) is 0 Å². The number of halogens is 2. The number of likely N-dealkylation sites (tertiary alicyclic amines) is 1. The average molecular weight is 286 g/mol. The minimum atomic E-state index is -0.394. The first-order chi connectivity index (χ1) is 9.10. The molecular formula is C14H17ClFNO2. The van der Waals surface area contributed by atoms with Crippen LogP contribution in [-0.2, 0) is 16.1 Å². The number of carbonyl (C=O) groups excluding carboxylic acids is 1. The molecule has 1 aromatic rings. The van der Waals surface area contributed by atoms with Crippen molar-refractivity contribution in [3.05, 3.63) is 34.6 Å². The molecule has 5 heteroatoms. The molecule has 1 fully saturated rings. The molecule has 0 amide bonds. The maximum atomic E-state index is 13.1. The van der Waals surface area contributed by atoms with Crippen LogP contribution < -0.4 is 0 Å². The van der Waals surface area contributed by atoms with Crippen molar-refractivity contribution in [2.75, 3.05) is 20.2 Å². The number of benzene rings is 1. The number of rotatable bonds is 3. The van der Waals surface area contributed by atoms with Crippen LogP contribution in [-0.4, -0.2) is 31.1 Å². The Morgan fingerprint density at radius 1 is 1.47 bits per heavy atom. The standard InChI is InChI=1S/C14H17ClFNO2/c1-19-14(18)11-4-6-17(7-5-11)9-10-2-3-13(16)12(15)8-10/h2-3,8,11H,4-7,9H2,1H3. The molecule has 0 aliphatic carbocycles. The van der Waals surface area contributed by atoms with Gasteiger partial charge in [0.05, 0.1) is 18.1 Å². The predicted molar refractivity (Wildman–Crippen MR) is 71.4 cm³/mol. The van der Waals surface area contributed by atoms with E-state index in [0.717, 1.165) is 38.0 Å². The molecule has 1 aliphatic rings. The van der Waals surface area contributed by atoms with E-state index in [1.54, 1.807) is 12.1 Å².